The molecule has 3 N–H and O–H groups in total. The number of nitrogens with zero attached hydrogens (tertiary/aromatic N) is 2. The molecule has 2 aromatic carbocycles. The molecule has 10 nitrogen and oxygen atoms in total. The summed E-state index contributed by atoms with van der Waals surface area (Å²) in [6.07, 6.45) is 12.6. The van der Waals surface area contributed by atoms with Crippen LogP contribution < -0.4 is 10.2 Å². The summed E-state index contributed by atoms with van der Waals surface area (Å²) in [6.45, 7) is 12.0. The predicted molar refractivity (Wildman–Crippen MR) is 193 cm³/mol. The summed E-state index contributed by atoms with van der Waals surface area (Å²) >= 11 is 4.12. The first kappa shape index (κ1) is 37.6. The number of benzene rings is 2. The van der Waals surface area contributed by atoms with Gasteiger partial charge in [0.25, 0.3) is 20.2 Å². The van der Waals surface area contributed by atoms with Gasteiger partial charge in [-0.1, -0.05) is 32.1 Å². The van der Waals surface area contributed by atoms with Crippen molar-refractivity contribution in [3.05, 3.63) is 83.6 Å². The first-order valence-corrected chi connectivity index (χ1v) is 19.6. The Bertz CT molecular complexity index is 1910. The highest BCUT2D eigenvalue weighted by Gasteiger charge is 2.45. The highest BCUT2D eigenvalue weighted by atomic mass is 32.2. The molecule has 0 bridgehead atoms. The normalized spacial score (nSPS) is 17.9. The van der Waals surface area contributed by atoms with E-state index >= 15 is 0 Å². The second-order valence-electron chi connectivity index (χ2n) is 13.0. The number of hydrogen-bond acceptors (Lipinski definition) is 7. The Labute approximate surface area is 290 Å². The Balaban J connectivity index is 1.60. The van der Waals surface area contributed by atoms with Crippen LogP contribution in [0, 0.1) is 0 Å². The van der Waals surface area contributed by atoms with Crippen LogP contribution in [0.4, 0.5) is 11.4 Å². The molecule has 0 saturated heterocycles. The van der Waals surface area contributed by atoms with Crippen molar-refractivity contribution in [3.63, 3.8) is 0 Å². The molecule has 2 aliphatic heterocycles. The van der Waals surface area contributed by atoms with Crippen LogP contribution in [0.25, 0.3) is 0 Å². The maximum absolute atomic E-state index is 12.0. The lowest BCUT2D eigenvalue weighted by molar-refractivity contribution is -0.438. The monoisotopic (exact) mass is 716 g/mol. The Morgan fingerprint density at radius 2 is 1.54 bits per heavy atom. The summed E-state index contributed by atoms with van der Waals surface area (Å²) in [4.78, 5) is 13.8. The number of rotatable bonds is 14. The molecule has 0 fully saturated rings. The first-order valence-electron chi connectivity index (χ1n) is 16.0. The van der Waals surface area contributed by atoms with E-state index in [1.54, 1.807) is 12.1 Å². The first-order chi connectivity index (χ1) is 22.4. The number of nitrogens with one attached hydrogen (secondary N) is 1. The molecule has 0 aromatic heterocycles. The highest BCUT2D eigenvalue weighted by molar-refractivity contribution is 7.86. The number of unbranched alkanes of at least 4 members (excludes halogenated alkanes) is 2. The molecule has 0 radical (unpaired) electrons. The zero-order valence-electron chi connectivity index (χ0n) is 28.1. The van der Waals surface area contributed by atoms with Crippen molar-refractivity contribution in [2.75, 3.05) is 30.3 Å². The molecule has 2 heterocycles. The van der Waals surface area contributed by atoms with Crippen molar-refractivity contribution >= 4 is 55.9 Å². The standard InChI is InChI=1S/C35H45N3O7S3/c1-6-37-29-18-16-25(47(40,41)42)23-27(29)34(2,3)31(37)13-9-7-10-14-32-35(4,5)28-24-26(48(43,44)45)17-19-30(28)38(32)21-12-8-11-15-33(39)36-20-22-46/h7,9-10,13-14,16-19,23-24H,6,8,11-12,15,20-22H2,1-5H3,(H3-,36,39,40,41,42,43,44,45,46)/p+1. The third-order valence-electron chi connectivity index (χ3n) is 9.09. The summed E-state index contributed by atoms with van der Waals surface area (Å²) in [5.41, 5.74) is 4.25. The molecule has 2 aromatic rings. The van der Waals surface area contributed by atoms with E-state index in [9.17, 15) is 30.7 Å². The van der Waals surface area contributed by atoms with Gasteiger partial charge in [0, 0.05) is 66.2 Å². The fourth-order valence-corrected chi connectivity index (χ4v) is 7.71. The van der Waals surface area contributed by atoms with Gasteiger partial charge in [0.1, 0.15) is 6.54 Å². The van der Waals surface area contributed by atoms with Crippen LogP contribution >= 0.6 is 12.6 Å². The molecular weight excluding hydrogens is 671 g/mol. The van der Waals surface area contributed by atoms with Crippen molar-refractivity contribution in [1.29, 1.82) is 0 Å². The second kappa shape index (κ2) is 14.7. The fraction of sp³-hybridized carbons (Fsp3) is 0.429. The molecule has 4 rings (SSSR count). The van der Waals surface area contributed by atoms with Gasteiger partial charge in [0.2, 0.25) is 11.6 Å². The van der Waals surface area contributed by atoms with Gasteiger partial charge >= 0.3 is 0 Å². The molecule has 0 spiro atoms. The fourth-order valence-electron chi connectivity index (χ4n) is 6.59. The molecule has 0 saturated carbocycles. The van der Waals surface area contributed by atoms with Gasteiger partial charge in [-0.2, -0.15) is 34.0 Å². The quantitative estimate of drug-likeness (QED) is 0.0615. The van der Waals surface area contributed by atoms with Crippen LogP contribution in [0.1, 0.15) is 71.4 Å². The maximum Gasteiger partial charge on any atom is 0.294 e. The summed E-state index contributed by atoms with van der Waals surface area (Å²) in [6, 6.07) is 9.37. The van der Waals surface area contributed by atoms with Crippen molar-refractivity contribution in [2.45, 2.75) is 80.9 Å². The van der Waals surface area contributed by atoms with E-state index in [0.29, 0.717) is 31.8 Å². The van der Waals surface area contributed by atoms with Crippen LogP contribution in [0.5, 0.6) is 0 Å². The van der Waals surface area contributed by atoms with Crippen molar-refractivity contribution in [3.8, 4) is 0 Å². The summed E-state index contributed by atoms with van der Waals surface area (Å²) in [5.74, 6) is 0.610. The SMILES string of the molecule is CCN1\C(=C/C=C/C=C/C2=[N+](CCCCCC(=O)NCCS)c3ccc(S(=O)(=O)O)cc3C2(C)C)C(C)(C)c2cc(S(=O)(=O)O)ccc21. The molecule has 0 aliphatic carbocycles. The number of fused-ring (bicyclic) bond motifs is 2. The minimum atomic E-state index is -4.38. The molecular formula is C35H46N3O7S3+. The van der Waals surface area contributed by atoms with Crippen LogP contribution in [-0.2, 0) is 35.9 Å². The molecule has 260 valence electrons. The predicted octanol–water partition coefficient (Wildman–Crippen LogP) is 5.98. The van der Waals surface area contributed by atoms with E-state index < -0.39 is 31.1 Å². The minimum absolute atomic E-state index is 0.0150. The average molecular weight is 717 g/mol. The van der Waals surface area contributed by atoms with Gasteiger partial charge in [-0.3, -0.25) is 13.9 Å². The van der Waals surface area contributed by atoms with Gasteiger partial charge in [0.15, 0.2) is 5.71 Å². The summed E-state index contributed by atoms with van der Waals surface area (Å²) in [5, 5.41) is 2.83. The van der Waals surface area contributed by atoms with E-state index in [4.69, 9.17) is 0 Å². The van der Waals surface area contributed by atoms with Crippen LogP contribution in [0.15, 0.2) is 82.3 Å². The summed E-state index contributed by atoms with van der Waals surface area (Å²) < 4.78 is 69.1. The van der Waals surface area contributed by atoms with Gasteiger partial charge in [0.05, 0.1) is 15.2 Å². The van der Waals surface area contributed by atoms with E-state index in [1.807, 2.05) is 65.0 Å². The van der Waals surface area contributed by atoms with E-state index in [2.05, 4.69) is 27.4 Å². The number of amides is 1. The number of anilines is 1. The third kappa shape index (κ3) is 7.97. The zero-order valence-corrected chi connectivity index (χ0v) is 30.6. The van der Waals surface area contributed by atoms with Crippen molar-refractivity contribution in [2.24, 2.45) is 0 Å². The molecule has 48 heavy (non-hydrogen) atoms. The average Bonchev–Trinajstić information content (AvgIpc) is 3.36. The largest absolute Gasteiger partial charge is 0.355 e. The third-order valence-corrected chi connectivity index (χ3v) is 11.0. The molecule has 0 atom stereocenters. The number of thiol groups is 1. The van der Waals surface area contributed by atoms with Gasteiger partial charge in [-0.05, 0) is 75.6 Å². The number of carbonyl (C=O) groups is 1. The second-order valence-corrected chi connectivity index (χ2v) is 16.3. The Morgan fingerprint density at radius 1 is 0.896 bits per heavy atom. The maximum atomic E-state index is 12.0. The topological polar surface area (TPSA) is 144 Å². The molecule has 0 unspecified atom stereocenters. The van der Waals surface area contributed by atoms with Crippen LogP contribution in [-0.4, -0.2) is 67.5 Å². The van der Waals surface area contributed by atoms with E-state index in [0.717, 1.165) is 53.2 Å². The van der Waals surface area contributed by atoms with Crippen LogP contribution in [0.2, 0.25) is 0 Å². The van der Waals surface area contributed by atoms with E-state index in [1.165, 1.54) is 24.3 Å². The smallest absolute Gasteiger partial charge is 0.294 e. The van der Waals surface area contributed by atoms with Crippen molar-refractivity contribution < 1.29 is 35.3 Å². The number of hydrogen-bond donors (Lipinski definition) is 4. The van der Waals surface area contributed by atoms with Crippen LogP contribution in [0.3, 0.4) is 0 Å². The van der Waals surface area contributed by atoms with Gasteiger partial charge in [-0.15, -0.1) is 0 Å². The number of carbonyl (C=O) groups excluding carboxylic acids is 1. The Kier molecular flexibility index (Phi) is 11.5. The van der Waals surface area contributed by atoms with E-state index in [-0.39, 0.29) is 15.7 Å². The van der Waals surface area contributed by atoms with Gasteiger partial charge < -0.3 is 10.2 Å². The zero-order chi connectivity index (χ0) is 35.5. The van der Waals surface area contributed by atoms with Crippen molar-refractivity contribution in [1.82, 2.24) is 5.32 Å². The summed E-state index contributed by atoms with van der Waals surface area (Å²) in [7, 11) is -8.72. The highest BCUT2D eigenvalue weighted by Crippen LogP contribution is 2.48. The lowest BCUT2D eigenvalue weighted by Gasteiger charge is -2.25. The minimum Gasteiger partial charge on any atom is -0.355 e. The number of allylic oxidation sites excluding steroid dienone is 6. The number of likely N-dealkylation sites (N-methyl/N-ethyl adjacent to an activating group) is 1. The lowest BCUT2D eigenvalue weighted by Crippen LogP contribution is -2.28. The molecule has 13 heteroatoms. The lowest BCUT2D eigenvalue weighted by atomic mass is 9.81. The van der Waals surface area contributed by atoms with Gasteiger partial charge in [-0.25, -0.2) is 0 Å². The Hall–Kier alpha value is -3.23. The Morgan fingerprint density at radius 3 is 2.17 bits per heavy atom. The molecule has 1 amide bonds. The molecule has 2 aliphatic rings.